The molecule has 6 nitrogen and oxygen atoms in total. The number of pyridine rings is 1. The number of amides is 1. The molecule has 126 valence electrons. The number of aromatic nitrogens is 1. The predicted molar refractivity (Wildman–Crippen MR) is 95.9 cm³/mol. The Balaban J connectivity index is 1.83. The molecule has 0 saturated heterocycles. The number of carboxylic acid groups (broad SMARTS) is 1. The van der Waals surface area contributed by atoms with Crippen LogP contribution in [0.5, 0.6) is 5.75 Å². The third-order valence-corrected chi connectivity index (χ3v) is 3.73. The highest BCUT2D eigenvalue weighted by Crippen LogP contribution is 2.16. The lowest BCUT2D eigenvalue weighted by Crippen LogP contribution is -2.23. The minimum absolute atomic E-state index is 0.152. The fourth-order valence-corrected chi connectivity index (χ4v) is 2.42. The second-order valence-electron chi connectivity index (χ2n) is 5.35. The molecule has 0 saturated carbocycles. The van der Waals surface area contributed by atoms with Crippen LogP contribution in [0.1, 0.15) is 11.1 Å². The van der Waals surface area contributed by atoms with E-state index in [0.717, 1.165) is 32.8 Å². The summed E-state index contributed by atoms with van der Waals surface area (Å²) in [4.78, 5) is 15.8. The summed E-state index contributed by atoms with van der Waals surface area (Å²) < 4.78 is 5.10. The van der Waals surface area contributed by atoms with E-state index >= 15 is 0 Å². The molecule has 0 aliphatic heterocycles. The van der Waals surface area contributed by atoms with Crippen molar-refractivity contribution >= 4 is 23.2 Å². The van der Waals surface area contributed by atoms with E-state index in [1.165, 1.54) is 0 Å². The quantitative estimate of drug-likeness (QED) is 0.569. The van der Waals surface area contributed by atoms with Gasteiger partial charge >= 0.3 is 6.09 Å². The molecular weight excluding hydrogens is 318 g/mol. The molecule has 0 spiro atoms. The second kappa shape index (κ2) is 7.44. The van der Waals surface area contributed by atoms with Gasteiger partial charge < -0.3 is 9.84 Å². The SMILES string of the molecule is COc1ccc(CN(N=Cc2ccnc3ccccc23)C(=O)O)cc1. The van der Waals surface area contributed by atoms with Crippen LogP contribution in [0.15, 0.2) is 65.9 Å². The molecule has 1 heterocycles. The van der Waals surface area contributed by atoms with E-state index in [-0.39, 0.29) is 6.54 Å². The number of hydrogen-bond donors (Lipinski definition) is 1. The molecule has 25 heavy (non-hydrogen) atoms. The van der Waals surface area contributed by atoms with E-state index in [2.05, 4.69) is 10.1 Å². The van der Waals surface area contributed by atoms with Gasteiger partial charge in [-0.3, -0.25) is 4.98 Å². The lowest BCUT2D eigenvalue weighted by molar-refractivity contribution is 0.144. The van der Waals surface area contributed by atoms with Gasteiger partial charge in [-0.05, 0) is 29.8 Å². The number of ether oxygens (including phenoxy) is 1. The Hall–Kier alpha value is -3.41. The van der Waals surface area contributed by atoms with Gasteiger partial charge in [0, 0.05) is 17.1 Å². The summed E-state index contributed by atoms with van der Waals surface area (Å²) in [5.74, 6) is 0.720. The monoisotopic (exact) mass is 335 g/mol. The van der Waals surface area contributed by atoms with Crippen LogP contribution >= 0.6 is 0 Å². The van der Waals surface area contributed by atoms with Crippen LogP contribution in [0.2, 0.25) is 0 Å². The van der Waals surface area contributed by atoms with Crippen molar-refractivity contribution in [3.63, 3.8) is 0 Å². The third kappa shape index (κ3) is 3.92. The largest absolute Gasteiger partial charge is 0.497 e. The maximum absolute atomic E-state index is 11.5. The zero-order valence-electron chi connectivity index (χ0n) is 13.7. The minimum Gasteiger partial charge on any atom is -0.497 e. The molecule has 0 aliphatic carbocycles. The predicted octanol–water partition coefficient (Wildman–Crippen LogP) is 3.76. The molecule has 2 aromatic carbocycles. The molecule has 3 rings (SSSR count). The molecule has 6 heteroatoms. The van der Waals surface area contributed by atoms with Crippen molar-refractivity contribution in [2.45, 2.75) is 6.54 Å². The number of nitrogens with zero attached hydrogens (tertiary/aromatic N) is 3. The van der Waals surface area contributed by atoms with Gasteiger partial charge in [-0.1, -0.05) is 30.3 Å². The number of benzene rings is 2. The molecule has 1 aromatic heterocycles. The number of carbonyl (C=O) groups is 1. The van der Waals surface area contributed by atoms with Crippen LogP contribution in [0.4, 0.5) is 4.79 Å². The Labute approximate surface area is 145 Å². The molecule has 1 N–H and O–H groups in total. The highest BCUT2D eigenvalue weighted by molar-refractivity contribution is 5.98. The summed E-state index contributed by atoms with van der Waals surface area (Å²) in [5, 5.41) is 15.4. The first-order valence-corrected chi connectivity index (χ1v) is 7.68. The Morgan fingerprint density at radius 2 is 1.96 bits per heavy atom. The summed E-state index contributed by atoms with van der Waals surface area (Å²) in [6.07, 6.45) is 2.10. The van der Waals surface area contributed by atoms with Gasteiger partial charge in [0.25, 0.3) is 0 Å². The van der Waals surface area contributed by atoms with Crippen molar-refractivity contribution in [2.24, 2.45) is 5.10 Å². The summed E-state index contributed by atoms with van der Waals surface area (Å²) in [5.41, 5.74) is 2.47. The van der Waals surface area contributed by atoms with Crippen LogP contribution in [-0.2, 0) is 6.54 Å². The van der Waals surface area contributed by atoms with Gasteiger partial charge in [0.1, 0.15) is 5.75 Å². The van der Waals surface area contributed by atoms with Crippen molar-refractivity contribution in [1.29, 1.82) is 0 Å². The fraction of sp³-hybridized carbons (Fsp3) is 0.105. The van der Waals surface area contributed by atoms with E-state index in [0.29, 0.717) is 0 Å². The van der Waals surface area contributed by atoms with E-state index in [9.17, 15) is 9.90 Å². The summed E-state index contributed by atoms with van der Waals surface area (Å²) in [6.45, 7) is 0.152. The summed E-state index contributed by atoms with van der Waals surface area (Å²) in [6, 6.07) is 16.6. The Morgan fingerprint density at radius 3 is 2.68 bits per heavy atom. The number of methoxy groups -OCH3 is 1. The van der Waals surface area contributed by atoms with Crippen molar-refractivity contribution in [3.8, 4) is 5.75 Å². The Kier molecular flexibility index (Phi) is 4.89. The molecule has 0 fully saturated rings. The molecule has 0 radical (unpaired) electrons. The van der Waals surface area contributed by atoms with Gasteiger partial charge in [-0.2, -0.15) is 10.1 Å². The average molecular weight is 335 g/mol. The lowest BCUT2D eigenvalue weighted by atomic mass is 10.1. The lowest BCUT2D eigenvalue weighted by Gasteiger charge is -2.13. The van der Waals surface area contributed by atoms with Gasteiger partial charge in [0.05, 0.1) is 25.4 Å². The van der Waals surface area contributed by atoms with E-state index < -0.39 is 6.09 Å². The molecule has 1 amide bonds. The van der Waals surface area contributed by atoms with Gasteiger partial charge in [-0.25, -0.2) is 4.79 Å². The van der Waals surface area contributed by atoms with Crippen LogP contribution in [0.3, 0.4) is 0 Å². The Morgan fingerprint density at radius 1 is 1.20 bits per heavy atom. The normalized spacial score (nSPS) is 10.9. The maximum atomic E-state index is 11.5. The van der Waals surface area contributed by atoms with Crippen LogP contribution in [0, 0.1) is 0 Å². The molecule has 0 atom stereocenters. The summed E-state index contributed by atoms with van der Waals surface area (Å²) in [7, 11) is 1.59. The van der Waals surface area contributed by atoms with Crippen molar-refractivity contribution in [3.05, 3.63) is 71.9 Å². The topological polar surface area (TPSA) is 75.0 Å². The Bertz CT molecular complexity index is 902. The zero-order chi connectivity index (χ0) is 17.6. The van der Waals surface area contributed by atoms with Crippen LogP contribution in [-0.4, -0.2) is 34.5 Å². The third-order valence-electron chi connectivity index (χ3n) is 3.73. The van der Waals surface area contributed by atoms with Gasteiger partial charge in [0.2, 0.25) is 0 Å². The van der Waals surface area contributed by atoms with E-state index in [1.807, 2.05) is 36.4 Å². The number of para-hydroxylation sites is 1. The minimum atomic E-state index is -1.12. The van der Waals surface area contributed by atoms with E-state index in [1.54, 1.807) is 37.7 Å². The molecular formula is C19H17N3O3. The first kappa shape index (κ1) is 16.4. The van der Waals surface area contributed by atoms with Crippen molar-refractivity contribution < 1.29 is 14.6 Å². The number of fused-ring (bicyclic) bond motifs is 1. The average Bonchev–Trinajstić information content (AvgIpc) is 2.65. The highest BCUT2D eigenvalue weighted by atomic mass is 16.5. The van der Waals surface area contributed by atoms with Crippen LogP contribution in [0.25, 0.3) is 10.9 Å². The second-order valence-corrected chi connectivity index (χ2v) is 5.35. The zero-order valence-corrected chi connectivity index (χ0v) is 13.7. The fourth-order valence-electron chi connectivity index (χ4n) is 2.42. The molecule has 0 unspecified atom stereocenters. The molecule has 0 aliphatic rings. The maximum Gasteiger partial charge on any atom is 0.428 e. The van der Waals surface area contributed by atoms with Crippen molar-refractivity contribution in [2.75, 3.05) is 7.11 Å². The number of hydrogen-bond acceptors (Lipinski definition) is 4. The van der Waals surface area contributed by atoms with Gasteiger partial charge in [0.15, 0.2) is 0 Å². The standard InChI is InChI=1S/C19H17N3O3/c1-25-16-8-6-14(7-9-16)13-22(19(23)24)21-12-15-10-11-20-18-5-3-2-4-17(15)18/h2-12H,13H2,1H3,(H,23,24). The molecule has 3 aromatic rings. The number of hydrazone groups is 1. The van der Waals surface area contributed by atoms with E-state index in [4.69, 9.17) is 4.74 Å². The van der Waals surface area contributed by atoms with Crippen LogP contribution < -0.4 is 4.74 Å². The first-order chi connectivity index (χ1) is 12.2. The molecule has 0 bridgehead atoms. The number of rotatable bonds is 5. The first-order valence-electron chi connectivity index (χ1n) is 7.68. The smallest absolute Gasteiger partial charge is 0.428 e. The van der Waals surface area contributed by atoms with Crippen molar-refractivity contribution in [1.82, 2.24) is 9.99 Å². The highest BCUT2D eigenvalue weighted by Gasteiger charge is 2.11. The summed E-state index contributed by atoms with van der Waals surface area (Å²) >= 11 is 0. The van der Waals surface area contributed by atoms with Gasteiger partial charge in [-0.15, -0.1) is 0 Å².